The molecule has 1 amide bonds. The van der Waals surface area contributed by atoms with E-state index in [1.807, 2.05) is 63.2 Å². The molecule has 0 radical (unpaired) electrons. The largest absolute Gasteiger partial charge is 0.493 e. The molecule has 4 rings (SSSR count). The maximum Gasteiger partial charge on any atom is 0.255 e. The lowest BCUT2D eigenvalue weighted by Gasteiger charge is -2.29. The third-order valence-corrected chi connectivity index (χ3v) is 5.24. The van der Waals surface area contributed by atoms with Crippen LogP contribution in [0.25, 0.3) is 0 Å². The quantitative estimate of drug-likeness (QED) is 0.629. The first-order valence-corrected chi connectivity index (χ1v) is 10.1. The summed E-state index contributed by atoms with van der Waals surface area (Å²) in [4.78, 5) is 17.7. The van der Waals surface area contributed by atoms with Gasteiger partial charge in [-0.15, -0.1) is 0 Å². The zero-order valence-electron chi connectivity index (χ0n) is 18.0. The lowest BCUT2D eigenvalue weighted by Crippen LogP contribution is -2.31. The Morgan fingerprint density at radius 2 is 2.00 bits per heavy atom. The molecule has 0 saturated carbocycles. The number of anilines is 2. The van der Waals surface area contributed by atoms with Gasteiger partial charge in [-0.2, -0.15) is 10.1 Å². The molecule has 31 heavy (non-hydrogen) atoms. The highest BCUT2D eigenvalue weighted by Crippen LogP contribution is 2.38. The number of benzene rings is 2. The van der Waals surface area contributed by atoms with Crippen LogP contribution in [0.15, 0.2) is 60.1 Å². The van der Waals surface area contributed by atoms with E-state index in [2.05, 4.69) is 20.7 Å². The van der Waals surface area contributed by atoms with Crippen LogP contribution < -0.4 is 20.1 Å². The normalized spacial score (nSPS) is 15.2. The Hall–Kier alpha value is -3.81. The first kappa shape index (κ1) is 20.5. The van der Waals surface area contributed by atoms with E-state index in [0.717, 1.165) is 16.8 Å². The fourth-order valence-electron chi connectivity index (χ4n) is 3.73. The van der Waals surface area contributed by atoms with Crippen LogP contribution in [0.1, 0.15) is 31.0 Å². The zero-order valence-corrected chi connectivity index (χ0v) is 18.0. The minimum absolute atomic E-state index is 0.210. The number of nitrogens with zero attached hydrogens (tertiary/aromatic N) is 3. The fraction of sp³-hybridized carbons (Fsp3) is 0.261. The van der Waals surface area contributed by atoms with E-state index < -0.39 is 6.04 Å². The Kier molecular flexibility index (Phi) is 5.62. The SMILES string of the molecule is CCOc1ccc([C@H]2C(C(=O)Nc3ccccc3C)=C(C)Nc3ncnn32)cc1OC. The first-order valence-electron chi connectivity index (χ1n) is 10.1. The molecule has 8 nitrogen and oxygen atoms in total. The molecule has 2 N–H and O–H groups in total. The van der Waals surface area contributed by atoms with Crippen molar-refractivity contribution in [3.8, 4) is 11.5 Å². The van der Waals surface area contributed by atoms with Crippen LogP contribution in [-0.2, 0) is 4.79 Å². The van der Waals surface area contributed by atoms with Gasteiger partial charge in [0.15, 0.2) is 11.5 Å². The molecule has 0 saturated heterocycles. The standard InChI is InChI=1S/C23H25N5O3/c1-5-31-18-11-10-16(12-19(18)30-4)21-20(15(3)26-23-24-13-25-28(21)23)22(29)27-17-9-7-6-8-14(17)2/h6-13,21H,5H2,1-4H3,(H,27,29)(H,24,25,26)/t21-/m0/s1. The van der Waals surface area contributed by atoms with Gasteiger partial charge >= 0.3 is 0 Å². The fourth-order valence-corrected chi connectivity index (χ4v) is 3.73. The van der Waals surface area contributed by atoms with E-state index in [1.54, 1.807) is 11.8 Å². The van der Waals surface area contributed by atoms with Crippen LogP contribution in [0, 0.1) is 6.92 Å². The van der Waals surface area contributed by atoms with Crippen molar-refractivity contribution in [2.75, 3.05) is 24.4 Å². The maximum absolute atomic E-state index is 13.4. The summed E-state index contributed by atoms with van der Waals surface area (Å²) in [6.45, 7) is 6.27. The summed E-state index contributed by atoms with van der Waals surface area (Å²) < 4.78 is 12.9. The van der Waals surface area contributed by atoms with Crippen molar-refractivity contribution in [3.63, 3.8) is 0 Å². The molecular weight excluding hydrogens is 394 g/mol. The monoisotopic (exact) mass is 419 g/mol. The molecule has 0 spiro atoms. The van der Waals surface area contributed by atoms with Crippen LogP contribution in [0.4, 0.5) is 11.6 Å². The molecule has 0 aliphatic carbocycles. The molecule has 2 heterocycles. The number of hydrogen-bond acceptors (Lipinski definition) is 6. The number of aromatic nitrogens is 3. The summed E-state index contributed by atoms with van der Waals surface area (Å²) >= 11 is 0. The number of amides is 1. The second kappa shape index (κ2) is 8.51. The van der Waals surface area contributed by atoms with Crippen molar-refractivity contribution in [2.24, 2.45) is 0 Å². The van der Waals surface area contributed by atoms with E-state index in [-0.39, 0.29) is 5.91 Å². The molecule has 2 aromatic carbocycles. The molecule has 0 bridgehead atoms. The molecule has 1 aliphatic heterocycles. The molecule has 8 heteroatoms. The van der Waals surface area contributed by atoms with E-state index >= 15 is 0 Å². The van der Waals surface area contributed by atoms with Gasteiger partial charge in [0.25, 0.3) is 5.91 Å². The predicted molar refractivity (Wildman–Crippen MR) is 118 cm³/mol. The molecule has 0 fully saturated rings. The molecule has 1 aliphatic rings. The van der Waals surface area contributed by atoms with Gasteiger partial charge in [-0.25, -0.2) is 4.68 Å². The number of hydrogen-bond donors (Lipinski definition) is 2. The summed E-state index contributed by atoms with van der Waals surface area (Å²) in [6, 6.07) is 12.8. The number of carbonyl (C=O) groups excluding carboxylic acids is 1. The minimum atomic E-state index is -0.479. The first-order chi connectivity index (χ1) is 15.0. The number of carbonyl (C=O) groups is 1. The maximum atomic E-state index is 13.4. The van der Waals surface area contributed by atoms with Crippen molar-refractivity contribution in [3.05, 3.63) is 71.2 Å². The summed E-state index contributed by atoms with van der Waals surface area (Å²) in [5.41, 5.74) is 3.85. The van der Waals surface area contributed by atoms with Crippen molar-refractivity contribution in [2.45, 2.75) is 26.8 Å². The van der Waals surface area contributed by atoms with Crippen LogP contribution >= 0.6 is 0 Å². The van der Waals surface area contributed by atoms with Crippen LogP contribution in [-0.4, -0.2) is 34.4 Å². The van der Waals surface area contributed by atoms with Gasteiger partial charge < -0.3 is 20.1 Å². The topological polar surface area (TPSA) is 90.3 Å². The van der Waals surface area contributed by atoms with Crippen LogP contribution in [0.5, 0.6) is 11.5 Å². The van der Waals surface area contributed by atoms with Gasteiger partial charge in [0.1, 0.15) is 12.4 Å². The Labute approximate surface area is 180 Å². The molecular formula is C23H25N5O3. The lowest BCUT2D eigenvalue weighted by atomic mass is 9.94. The number of methoxy groups -OCH3 is 1. The summed E-state index contributed by atoms with van der Waals surface area (Å²) in [5, 5.41) is 10.6. The minimum Gasteiger partial charge on any atom is -0.493 e. The molecule has 1 atom stereocenters. The second-order valence-electron chi connectivity index (χ2n) is 7.21. The molecule has 3 aromatic rings. The van der Waals surface area contributed by atoms with Gasteiger partial charge in [0, 0.05) is 11.4 Å². The third-order valence-electron chi connectivity index (χ3n) is 5.24. The van der Waals surface area contributed by atoms with Gasteiger partial charge in [0.05, 0.1) is 19.3 Å². The number of rotatable bonds is 6. The van der Waals surface area contributed by atoms with Gasteiger partial charge in [-0.05, 0) is 50.1 Å². The Bertz CT molecular complexity index is 1150. The zero-order chi connectivity index (χ0) is 22.0. The third kappa shape index (κ3) is 3.84. The van der Waals surface area contributed by atoms with Crippen molar-refractivity contribution < 1.29 is 14.3 Å². The van der Waals surface area contributed by atoms with Gasteiger partial charge in [-0.3, -0.25) is 4.79 Å². The van der Waals surface area contributed by atoms with Crippen molar-refractivity contribution in [1.29, 1.82) is 0 Å². The second-order valence-corrected chi connectivity index (χ2v) is 7.21. The van der Waals surface area contributed by atoms with Crippen LogP contribution in [0.2, 0.25) is 0 Å². The molecule has 160 valence electrons. The Morgan fingerprint density at radius 1 is 1.19 bits per heavy atom. The van der Waals surface area contributed by atoms with E-state index in [4.69, 9.17) is 9.47 Å². The number of para-hydroxylation sites is 1. The summed E-state index contributed by atoms with van der Waals surface area (Å²) in [5.74, 6) is 1.60. The Morgan fingerprint density at radius 3 is 2.74 bits per heavy atom. The summed E-state index contributed by atoms with van der Waals surface area (Å²) in [7, 11) is 1.60. The number of ether oxygens (including phenoxy) is 2. The average molecular weight is 419 g/mol. The van der Waals surface area contributed by atoms with E-state index in [9.17, 15) is 4.79 Å². The van der Waals surface area contributed by atoms with Crippen molar-refractivity contribution in [1.82, 2.24) is 14.8 Å². The smallest absolute Gasteiger partial charge is 0.255 e. The highest BCUT2D eigenvalue weighted by molar-refractivity contribution is 6.06. The highest BCUT2D eigenvalue weighted by atomic mass is 16.5. The van der Waals surface area contributed by atoms with Gasteiger partial charge in [0.2, 0.25) is 5.95 Å². The van der Waals surface area contributed by atoms with E-state index in [1.165, 1.54) is 6.33 Å². The molecule has 0 unspecified atom stereocenters. The lowest BCUT2D eigenvalue weighted by molar-refractivity contribution is -0.113. The van der Waals surface area contributed by atoms with Gasteiger partial charge in [-0.1, -0.05) is 24.3 Å². The number of fused-ring (bicyclic) bond motifs is 1. The summed E-state index contributed by atoms with van der Waals surface area (Å²) in [6.07, 6.45) is 1.47. The number of aryl methyl sites for hydroxylation is 1. The average Bonchev–Trinajstić information content (AvgIpc) is 3.23. The predicted octanol–water partition coefficient (Wildman–Crippen LogP) is 3.92. The number of allylic oxidation sites excluding steroid dienone is 1. The van der Waals surface area contributed by atoms with Crippen molar-refractivity contribution >= 4 is 17.5 Å². The number of nitrogens with one attached hydrogen (secondary N) is 2. The molecule has 1 aromatic heterocycles. The Balaban J connectivity index is 1.78. The highest BCUT2D eigenvalue weighted by Gasteiger charge is 2.34. The van der Waals surface area contributed by atoms with Crippen LogP contribution in [0.3, 0.4) is 0 Å². The van der Waals surface area contributed by atoms with E-state index in [0.29, 0.717) is 35.3 Å².